The summed E-state index contributed by atoms with van der Waals surface area (Å²) in [7, 11) is 0. The summed E-state index contributed by atoms with van der Waals surface area (Å²) in [5.74, 6) is 0. The summed E-state index contributed by atoms with van der Waals surface area (Å²) < 4.78 is 0. The minimum Gasteiger partial charge on any atom is -0.381 e. The lowest BCUT2D eigenvalue weighted by molar-refractivity contribution is 0.788. The van der Waals surface area contributed by atoms with E-state index in [0.717, 1.165) is 23.5 Å². The van der Waals surface area contributed by atoms with Crippen molar-refractivity contribution in [2.24, 2.45) is 0 Å². The summed E-state index contributed by atoms with van der Waals surface area (Å²) in [6, 6.07) is 14.8. The van der Waals surface area contributed by atoms with Crippen LogP contribution in [0.5, 0.6) is 0 Å². The summed E-state index contributed by atoms with van der Waals surface area (Å²) in [4.78, 5) is 4.33. The minimum absolute atomic E-state index is 0.255. The zero-order valence-corrected chi connectivity index (χ0v) is 12.1. The number of rotatable bonds is 4. The number of nitrogens with one attached hydrogen (secondary N) is 1. The third-order valence-electron chi connectivity index (χ3n) is 3.23. The van der Waals surface area contributed by atoms with Gasteiger partial charge in [-0.2, -0.15) is 5.26 Å². The molecular formula is C17H19N3. The first kappa shape index (κ1) is 14.1. The lowest BCUT2D eigenvalue weighted by Gasteiger charge is -2.17. The second-order valence-electron chi connectivity index (χ2n) is 5.12. The Morgan fingerprint density at radius 2 is 1.95 bits per heavy atom. The number of nitrogens with zero attached hydrogens (tertiary/aromatic N) is 2. The summed E-state index contributed by atoms with van der Waals surface area (Å²) in [5.41, 5.74) is 4.50. The molecule has 1 atom stereocenters. The topological polar surface area (TPSA) is 48.7 Å². The van der Waals surface area contributed by atoms with E-state index in [2.05, 4.69) is 35.4 Å². The number of anilines is 1. The number of aromatic nitrogens is 1. The van der Waals surface area contributed by atoms with Gasteiger partial charge < -0.3 is 5.32 Å². The third kappa shape index (κ3) is 3.36. The van der Waals surface area contributed by atoms with E-state index in [1.54, 1.807) is 0 Å². The highest BCUT2D eigenvalue weighted by atomic mass is 14.9. The summed E-state index contributed by atoms with van der Waals surface area (Å²) in [6.07, 6.45) is 0.923. The smallest absolute Gasteiger partial charge is 0.103 e. The molecule has 1 aromatic carbocycles. The molecule has 0 saturated heterocycles. The van der Waals surface area contributed by atoms with Gasteiger partial charge >= 0.3 is 0 Å². The molecule has 0 amide bonds. The number of nitriles is 1. The fourth-order valence-corrected chi connectivity index (χ4v) is 2.37. The highest BCUT2D eigenvalue weighted by molar-refractivity contribution is 5.60. The number of hydrogen-bond donors (Lipinski definition) is 1. The predicted molar refractivity (Wildman–Crippen MR) is 81.7 cm³/mol. The van der Waals surface area contributed by atoms with Crippen LogP contribution in [-0.2, 0) is 6.42 Å². The van der Waals surface area contributed by atoms with Crippen molar-refractivity contribution in [3.05, 3.63) is 58.9 Å². The maximum Gasteiger partial charge on any atom is 0.103 e. The van der Waals surface area contributed by atoms with Crippen molar-refractivity contribution < 1.29 is 0 Å². The van der Waals surface area contributed by atoms with Crippen LogP contribution in [0.25, 0.3) is 0 Å². The molecule has 1 aromatic heterocycles. The maximum atomic E-state index is 9.26. The van der Waals surface area contributed by atoms with E-state index in [9.17, 15) is 5.26 Å². The molecule has 1 heterocycles. The van der Waals surface area contributed by atoms with Crippen LogP contribution in [0.4, 0.5) is 5.69 Å². The van der Waals surface area contributed by atoms with Crippen LogP contribution >= 0.6 is 0 Å². The Morgan fingerprint density at radius 3 is 2.60 bits per heavy atom. The van der Waals surface area contributed by atoms with Crippen molar-refractivity contribution in [2.45, 2.75) is 33.2 Å². The van der Waals surface area contributed by atoms with Crippen LogP contribution in [0.3, 0.4) is 0 Å². The van der Waals surface area contributed by atoms with Crippen LogP contribution < -0.4 is 5.32 Å². The van der Waals surface area contributed by atoms with Crippen molar-refractivity contribution in [3.8, 4) is 6.07 Å². The average molecular weight is 265 g/mol. The van der Waals surface area contributed by atoms with E-state index in [1.807, 2.05) is 38.1 Å². The fraction of sp³-hybridized carbons (Fsp3) is 0.294. The van der Waals surface area contributed by atoms with E-state index in [1.165, 1.54) is 5.56 Å². The second kappa shape index (κ2) is 6.21. The molecule has 0 aliphatic rings. The van der Waals surface area contributed by atoms with Gasteiger partial charge in [-0.25, -0.2) is 0 Å². The third-order valence-corrected chi connectivity index (χ3v) is 3.23. The Kier molecular flexibility index (Phi) is 4.37. The number of benzene rings is 1. The molecular weight excluding hydrogens is 246 g/mol. The van der Waals surface area contributed by atoms with Crippen molar-refractivity contribution in [2.75, 3.05) is 5.32 Å². The van der Waals surface area contributed by atoms with Gasteiger partial charge in [-0.05, 0) is 38.8 Å². The van der Waals surface area contributed by atoms with Gasteiger partial charge in [0.15, 0.2) is 0 Å². The summed E-state index contributed by atoms with van der Waals surface area (Å²) in [6.45, 7) is 5.94. The molecule has 2 aromatic rings. The van der Waals surface area contributed by atoms with Crippen LogP contribution in [0.15, 0.2) is 36.4 Å². The van der Waals surface area contributed by atoms with E-state index in [4.69, 9.17) is 0 Å². The molecule has 1 unspecified atom stereocenters. The van der Waals surface area contributed by atoms with Crippen molar-refractivity contribution >= 4 is 5.69 Å². The standard InChI is InChI=1S/C17H19N3/c1-12(9-15-7-5-4-6-8-15)20-17-10-13(2)19-14(3)16(17)11-18/h4-8,10,12H,9H2,1-3H3,(H,19,20). The van der Waals surface area contributed by atoms with Crippen molar-refractivity contribution in [1.82, 2.24) is 4.98 Å². The van der Waals surface area contributed by atoms with Gasteiger partial charge in [0.25, 0.3) is 0 Å². The Morgan fingerprint density at radius 1 is 1.25 bits per heavy atom. The Bertz CT molecular complexity index is 627. The largest absolute Gasteiger partial charge is 0.381 e. The monoisotopic (exact) mass is 265 g/mol. The number of hydrogen-bond acceptors (Lipinski definition) is 3. The minimum atomic E-state index is 0.255. The highest BCUT2D eigenvalue weighted by Crippen LogP contribution is 2.20. The fourth-order valence-electron chi connectivity index (χ4n) is 2.37. The van der Waals surface area contributed by atoms with E-state index in [-0.39, 0.29) is 6.04 Å². The molecule has 3 heteroatoms. The zero-order chi connectivity index (χ0) is 14.5. The molecule has 0 spiro atoms. The maximum absolute atomic E-state index is 9.26. The Balaban J connectivity index is 2.16. The molecule has 0 aliphatic heterocycles. The quantitative estimate of drug-likeness (QED) is 0.918. The first-order valence-corrected chi connectivity index (χ1v) is 6.79. The molecule has 0 saturated carbocycles. The SMILES string of the molecule is Cc1cc(NC(C)Cc2ccccc2)c(C#N)c(C)n1. The Labute approximate surface area is 120 Å². The van der Waals surface area contributed by atoms with Gasteiger partial charge in [-0.15, -0.1) is 0 Å². The van der Waals surface area contributed by atoms with Gasteiger partial charge in [0, 0.05) is 11.7 Å². The zero-order valence-electron chi connectivity index (χ0n) is 12.1. The van der Waals surface area contributed by atoms with Gasteiger partial charge in [0.05, 0.1) is 16.9 Å². The molecule has 0 aliphatic carbocycles. The average Bonchev–Trinajstić information content (AvgIpc) is 2.39. The van der Waals surface area contributed by atoms with Crippen molar-refractivity contribution in [3.63, 3.8) is 0 Å². The van der Waals surface area contributed by atoms with E-state index >= 15 is 0 Å². The highest BCUT2D eigenvalue weighted by Gasteiger charge is 2.11. The molecule has 1 N–H and O–H groups in total. The van der Waals surface area contributed by atoms with Gasteiger partial charge in [0.1, 0.15) is 6.07 Å². The van der Waals surface area contributed by atoms with Crippen LogP contribution in [0.1, 0.15) is 29.4 Å². The second-order valence-corrected chi connectivity index (χ2v) is 5.12. The first-order chi connectivity index (χ1) is 9.60. The number of aryl methyl sites for hydroxylation is 2. The normalized spacial score (nSPS) is 11.7. The van der Waals surface area contributed by atoms with Crippen LogP contribution in [0.2, 0.25) is 0 Å². The van der Waals surface area contributed by atoms with E-state index < -0.39 is 0 Å². The van der Waals surface area contributed by atoms with Gasteiger partial charge in [-0.1, -0.05) is 30.3 Å². The first-order valence-electron chi connectivity index (χ1n) is 6.79. The van der Waals surface area contributed by atoms with E-state index in [0.29, 0.717) is 5.56 Å². The summed E-state index contributed by atoms with van der Waals surface area (Å²) >= 11 is 0. The molecule has 102 valence electrons. The van der Waals surface area contributed by atoms with Crippen LogP contribution in [-0.4, -0.2) is 11.0 Å². The number of pyridine rings is 1. The molecule has 0 radical (unpaired) electrons. The van der Waals surface area contributed by atoms with Crippen LogP contribution in [0, 0.1) is 25.2 Å². The predicted octanol–water partition coefficient (Wildman–Crippen LogP) is 3.61. The van der Waals surface area contributed by atoms with Gasteiger partial charge in [0.2, 0.25) is 0 Å². The molecule has 2 rings (SSSR count). The molecule has 20 heavy (non-hydrogen) atoms. The molecule has 0 bridgehead atoms. The van der Waals surface area contributed by atoms with Crippen molar-refractivity contribution in [1.29, 1.82) is 5.26 Å². The molecule has 0 fully saturated rings. The lowest BCUT2D eigenvalue weighted by atomic mass is 10.1. The summed E-state index contributed by atoms with van der Waals surface area (Å²) in [5, 5.41) is 12.7. The molecule has 3 nitrogen and oxygen atoms in total. The Hall–Kier alpha value is -2.34. The lowest BCUT2D eigenvalue weighted by Crippen LogP contribution is -2.19. The van der Waals surface area contributed by atoms with Gasteiger partial charge in [-0.3, -0.25) is 4.98 Å².